The number of benzene rings is 2. The van der Waals surface area contributed by atoms with Crippen LogP contribution in [-0.2, 0) is 16.1 Å². The Balaban J connectivity index is 1.32. The van der Waals surface area contributed by atoms with Gasteiger partial charge in [0.2, 0.25) is 0 Å². The van der Waals surface area contributed by atoms with Gasteiger partial charge in [0.15, 0.2) is 6.61 Å². The molecule has 3 aromatic rings. The molecule has 0 radical (unpaired) electrons. The second-order valence-corrected chi connectivity index (χ2v) is 8.44. The minimum atomic E-state index is -0.376. The third-order valence-corrected chi connectivity index (χ3v) is 5.82. The van der Waals surface area contributed by atoms with Gasteiger partial charge in [-0.3, -0.25) is 14.5 Å². The first-order valence-electron chi connectivity index (χ1n) is 9.54. The second-order valence-electron chi connectivity index (χ2n) is 6.76. The molecule has 0 spiro atoms. The second kappa shape index (κ2) is 9.80. The number of rotatable bonds is 7. The minimum Gasteiger partial charge on any atom is -0.484 e. The van der Waals surface area contributed by atoms with Crippen molar-refractivity contribution in [2.75, 3.05) is 11.9 Å². The van der Waals surface area contributed by atoms with Crippen LogP contribution in [0.2, 0.25) is 0 Å². The Morgan fingerprint density at radius 1 is 1.16 bits per heavy atom. The van der Waals surface area contributed by atoms with Crippen LogP contribution in [0, 0.1) is 5.82 Å². The highest BCUT2D eigenvalue weighted by Crippen LogP contribution is 2.33. The lowest BCUT2D eigenvalue weighted by Crippen LogP contribution is -2.27. The summed E-state index contributed by atoms with van der Waals surface area (Å²) in [6.07, 6.45) is 3.31. The van der Waals surface area contributed by atoms with Gasteiger partial charge < -0.3 is 14.5 Å². The fourth-order valence-corrected chi connectivity index (χ4v) is 4.14. The van der Waals surface area contributed by atoms with E-state index >= 15 is 0 Å². The number of amides is 2. The quantitative estimate of drug-likeness (QED) is 0.395. The van der Waals surface area contributed by atoms with Crippen molar-refractivity contribution in [3.63, 3.8) is 0 Å². The van der Waals surface area contributed by atoms with Crippen molar-refractivity contribution in [2.45, 2.75) is 6.54 Å². The van der Waals surface area contributed by atoms with Crippen LogP contribution in [0.15, 0.2) is 76.2 Å². The topological polar surface area (TPSA) is 71.8 Å². The lowest BCUT2D eigenvalue weighted by molar-refractivity contribution is -0.122. The van der Waals surface area contributed by atoms with Crippen molar-refractivity contribution < 1.29 is 23.1 Å². The predicted molar refractivity (Wildman–Crippen MR) is 124 cm³/mol. The zero-order chi connectivity index (χ0) is 22.5. The molecule has 32 heavy (non-hydrogen) atoms. The SMILES string of the molecule is O=C(COc1ccc(/C=C2\SC(=S)N(Cc3ccco3)C2=O)cc1)Nc1ccc(F)cc1. The Morgan fingerprint density at radius 3 is 2.59 bits per heavy atom. The van der Waals surface area contributed by atoms with Crippen LogP contribution in [0.1, 0.15) is 11.3 Å². The van der Waals surface area contributed by atoms with E-state index < -0.39 is 0 Å². The largest absolute Gasteiger partial charge is 0.484 e. The fraction of sp³-hybridized carbons (Fsp3) is 0.0870. The van der Waals surface area contributed by atoms with E-state index in [0.29, 0.717) is 33.0 Å². The molecule has 4 rings (SSSR count). The molecule has 1 N–H and O–H groups in total. The zero-order valence-corrected chi connectivity index (χ0v) is 18.3. The van der Waals surface area contributed by atoms with E-state index in [1.54, 1.807) is 48.7 Å². The van der Waals surface area contributed by atoms with Crippen LogP contribution in [-0.4, -0.2) is 27.6 Å². The van der Waals surface area contributed by atoms with Crippen LogP contribution in [0.3, 0.4) is 0 Å². The maximum absolute atomic E-state index is 12.9. The third-order valence-electron chi connectivity index (χ3n) is 4.44. The van der Waals surface area contributed by atoms with Gasteiger partial charge >= 0.3 is 0 Å². The number of nitrogens with one attached hydrogen (secondary N) is 1. The Bertz CT molecular complexity index is 1160. The van der Waals surface area contributed by atoms with Crippen molar-refractivity contribution in [1.29, 1.82) is 0 Å². The number of furan rings is 1. The lowest BCUT2D eigenvalue weighted by atomic mass is 10.2. The first-order valence-corrected chi connectivity index (χ1v) is 10.8. The summed E-state index contributed by atoms with van der Waals surface area (Å²) in [5.41, 5.74) is 1.28. The summed E-state index contributed by atoms with van der Waals surface area (Å²) < 4.78 is 24.2. The maximum atomic E-state index is 12.9. The van der Waals surface area contributed by atoms with E-state index in [1.165, 1.54) is 40.9 Å². The number of halogens is 1. The first-order chi connectivity index (χ1) is 15.5. The molecular formula is C23H17FN2O4S2. The smallest absolute Gasteiger partial charge is 0.266 e. The van der Waals surface area contributed by atoms with Gasteiger partial charge in [-0.05, 0) is 60.2 Å². The molecule has 0 atom stereocenters. The average Bonchev–Trinajstić information content (AvgIpc) is 3.39. The molecule has 0 bridgehead atoms. The summed E-state index contributed by atoms with van der Waals surface area (Å²) in [6, 6.07) is 16.0. The third kappa shape index (κ3) is 5.43. The molecule has 1 aromatic heterocycles. The molecule has 2 amide bonds. The van der Waals surface area contributed by atoms with Crippen molar-refractivity contribution in [3.8, 4) is 5.75 Å². The fourth-order valence-electron chi connectivity index (χ4n) is 2.89. The molecule has 1 fully saturated rings. The molecule has 2 aromatic carbocycles. The molecule has 1 aliphatic rings. The summed E-state index contributed by atoms with van der Waals surface area (Å²) in [4.78, 5) is 26.7. The minimum absolute atomic E-state index is 0.172. The van der Waals surface area contributed by atoms with Gasteiger partial charge in [0.1, 0.15) is 21.6 Å². The van der Waals surface area contributed by atoms with Gasteiger partial charge in [-0.15, -0.1) is 0 Å². The van der Waals surface area contributed by atoms with Crippen LogP contribution >= 0.6 is 24.0 Å². The van der Waals surface area contributed by atoms with E-state index in [-0.39, 0.29) is 24.2 Å². The van der Waals surface area contributed by atoms with Crippen LogP contribution in [0.5, 0.6) is 5.75 Å². The Hall–Kier alpha value is -3.43. The van der Waals surface area contributed by atoms with E-state index in [1.807, 2.05) is 0 Å². The Morgan fingerprint density at radius 2 is 1.91 bits per heavy atom. The molecule has 1 aliphatic heterocycles. The van der Waals surface area contributed by atoms with Crippen LogP contribution in [0.4, 0.5) is 10.1 Å². The molecular weight excluding hydrogens is 451 g/mol. The number of ether oxygens (including phenoxy) is 1. The molecule has 0 unspecified atom stereocenters. The van der Waals surface area contributed by atoms with Crippen LogP contribution in [0.25, 0.3) is 6.08 Å². The summed E-state index contributed by atoms with van der Waals surface area (Å²) in [5.74, 6) is 0.253. The maximum Gasteiger partial charge on any atom is 0.266 e. The Kier molecular flexibility index (Phi) is 6.67. The molecule has 9 heteroatoms. The number of hydrogen-bond donors (Lipinski definition) is 1. The number of carbonyl (C=O) groups is 2. The molecule has 6 nitrogen and oxygen atoms in total. The molecule has 0 saturated carbocycles. The normalized spacial score (nSPS) is 14.8. The number of carbonyl (C=O) groups excluding carboxylic acids is 2. The zero-order valence-electron chi connectivity index (χ0n) is 16.6. The van der Waals surface area contributed by atoms with E-state index in [0.717, 1.165) is 5.56 Å². The van der Waals surface area contributed by atoms with Crippen molar-refractivity contribution >= 4 is 51.9 Å². The summed E-state index contributed by atoms with van der Waals surface area (Å²) in [7, 11) is 0. The van der Waals surface area contributed by atoms with Crippen molar-refractivity contribution in [3.05, 3.63) is 89.0 Å². The molecule has 1 saturated heterocycles. The predicted octanol–water partition coefficient (Wildman–Crippen LogP) is 4.84. The van der Waals surface area contributed by atoms with Crippen molar-refractivity contribution in [2.24, 2.45) is 0 Å². The van der Waals surface area contributed by atoms with Gasteiger partial charge in [0.05, 0.1) is 17.7 Å². The first kappa shape index (κ1) is 21.8. The standard InChI is InChI=1S/C23H17FN2O4S2/c24-16-5-7-17(8-6-16)25-21(27)14-30-18-9-3-15(4-10-18)12-20-22(28)26(23(31)32-20)13-19-2-1-11-29-19/h1-12H,13-14H2,(H,25,27)/b20-12-. The number of anilines is 1. The lowest BCUT2D eigenvalue weighted by Gasteiger charge is -2.12. The van der Waals surface area contributed by atoms with Crippen molar-refractivity contribution in [1.82, 2.24) is 4.90 Å². The number of thiocarbonyl (C=S) groups is 1. The van der Waals surface area contributed by atoms with E-state index in [2.05, 4.69) is 5.32 Å². The summed E-state index contributed by atoms with van der Waals surface area (Å²) >= 11 is 6.56. The molecule has 0 aliphatic carbocycles. The highest BCUT2D eigenvalue weighted by molar-refractivity contribution is 8.26. The average molecular weight is 469 g/mol. The van der Waals surface area contributed by atoms with Gasteiger partial charge in [0, 0.05) is 5.69 Å². The monoisotopic (exact) mass is 468 g/mol. The molecule has 162 valence electrons. The number of nitrogens with zero attached hydrogens (tertiary/aromatic N) is 1. The highest BCUT2D eigenvalue weighted by atomic mass is 32.2. The summed E-state index contributed by atoms with van der Waals surface area (Å²) in [5, 5.41) is 2.62. The number of hydrogen-bond acceptors (Lipinski definition) is 6. The molecule has 2 heterocycles. The van der Waals surface area contributed by atoms with E-state index in [4.69, 9.17) is 21.4 Å². The number of thioether (sulfide) groups is 1. The summed E-state index contributed by atoms with van der Waals surface area (Å²) in [6.45, 7) is 0.101. The Labute approximate surface area is 193 Å². The van der Waals surface area contributed by atoms with Gasteiger partial charge in [-0.2, -0.15) is 0 Å². The van der Waals surface area contributed by atoms with E-state index in [9.17, 15) is 14.0 Å². The van der Waals surface area contributed by atoms with Gasteiger partial charge in [-0.25, -0.2) is 4.39 Å². The highest BCUT2D eigenvalue weighted by Gasteiger charge is 2.32. The van der Waals surface area contributed by atoms with Gasteiger partial charge in [-0.1, -0.05) is 36.1 Å². The van der Waals surface area contributed by atoms with Gasteiger partial charge in [0.25, 0.3) is 11.8 Å². The van der Waals surface area contributed by atoms with Crippen LogP contribution < -0.4 is 10.1 Å².